The summed E-state index contributed by atoms with van der Waals surface area (Å²) in [5, 5.41) is 0. The van der Waals surface area contributed by atoms with Crippen molar-refractivity contribution in [2.24, 2.45) is 10.8 Å². The maximum absolute atomic E-state index is 12.2. The Balaban J connectivity index is 2.03. The van der Waals surface area contributed by atoms with Crippen molar-refractivity contribution in [3.8, 4) is 0 Å². The van der Waals surface area contributed by atoms with E-state index in [-0.39, 0.29) is 22.4 Å². The van der Waals surface area contributed by atoms with E-state index in [1.54, 1.807) is 0 Å². The van der Waals surface area contributed by atoms with Crippen molar-refractivity contribution in [2.75, 3.05) is 0 Å². The first-order valence-corrected chi connectivity index (χ1v) is 6.59. The maximum atomic E-state index is 12.2. The lowest BCUT2D eigenvalue weighted by molar-refractivity contribution is -0.167. The van der Waals surface area contributed by atoms with E-state index < -0.39 is 0 Å². The monoisotopic (exact) mass is 224 g/mol. The van der Waals surface area contributed by atoms with Gasteiger partial charge in [-0.25, -0.2) is 0 Å². The summed E-state index contributed by atoms with van der Waals surface area (Å²) in [6, 6.07) is 0. The van der Waals surface area contributed by atoms with Crippen molar-refractivity contribution in [3.63, 3.8) is 0 Å². The second-order valence-electron chi connectivity index (χ2n) is 6.53. The zero-order valence-corrected chi connectivity index (χ0v) is 11.1. The van der Waals surface area contributed by atoms with Crippen LogP contribution in [0.5, 0.6) is 0 Å². The van der Waals surface area contributed by atoms with Gasteiger partial charge in [-0.05, 0) is 50.9 Å². The van der Waals surface area contributed by atoms with Crippen molar-refractivity contribution < 1.29 is 9.53 Å². The average Bonchev–Trinajstić information content (AvgIpc) is 2.63. The molecule has 2 nitrogen and oxygen atoms in total. The lowest BCUT2D eigenvalue weighted by Gasteiger charge is -2.30. The Bertz CT molecular complexity index is 300. The Labute approximate surface area is 98.7 Å². The van der Waals surface area contributed by atoms with Crippen LogP contribution in [0.4, 0.5) is 0 Å². The number of hydrogen-bond donors (Lipinski definition) is 0. The van der Waals surface area contributed by atoms with Gasteiger partial charge in [-0.15, -0.1) is 0 Å². The van der Waals surface area contributed by atoms with Crippen LogP contribution in [0.15, 0.2) is 0 Å². The van der Waals surface area contributed by atoms with Crippen LogP contribution in [-0.4, -0.2) is 11.6 Å². The highest BCUT2D eigenvalue weighted by Gasteiger charge is 2.64. The Morgan fingerprint density at radius 1 is 1.19 bits per heavy atom. The van der Waals surface area contributed by atoms with E-state index in [0.29, 0.717) is 0 Å². The molecule has 0 aromatic carbocycles. The van der Waals surface area contributed by atoms with Crippen LogP contribution in [0, 0.1) is 10.8 Å². The Morgan fingerprint density at radius 3 is 2.06 bits per heavy atom. The first-order valence-electron chi connectivity index (χ1n) is 6.59. The molecule has 2 fully saturated rings. The number of carbonyl (C=O) groups is 1. The molecule has 0 aliphatic heterocycles. The third-order valence-corrected chi connectivity index (χ3v) is 5.08. The number of hydrogen-bond acceptors (Lipinski definition) is 2. The summed E-state index contributed by atoms with van der Waals surface area (Å²) in [4.78, 5) is 12.2. The van der Waals surface area contributed by atoms with Gasteiger partial charge in [-0.2, -0.15) is 0 Å². The smallest absolute Gasteiger partial charge is 0.312 e. The van der Waals surface area contributed by atoms with Gasteiger partial charge < -0.3 is 4.74 Å². The van der Waals surface area contributed by atoms with Crippen molar-refractivity contribution in [1.82, 2.24) is 0 Å². The van der Waals surface area contributed by atoms with Gasteiger partial charge in [-0.1, -0.05) is 20.8 Å². The predicted molar refractivity (Wildman–Crippen MR) is 64.1 cm³/mol. The van der Waals surface area contributed by atoms with Crippen molar-refractivity contribution in [2.45, 2.75) is 71.8 Å². The number of ether oxygens (including phenoxy) is 1. The lowest BCUT2D eigenvalue weighted by Crippen LogP contribution is -2.35. The molecule has 2 aliphatic rings. The summed E-state index contributed by atoms with van der Waals surface area (Å²) in [7, 11) is 0. The molecule has 0 aromatic rings. The first kappa shape index (κ1) is 11.9. The summed E-state index contributed by atoms with van der Waals surface area (Å²) in [6.07, 6.45) is 6.48. The molecule has 0 amide bonds. The van der Waals surface area contributed by atoms with E-state index in [4.69, 9.17) is 4.74 Å². The van der Waals surface area contributed by atoms with Gasteiger partial charge >= 0.3 is 5.97 Å². The molecule has 16 heavy (non-hydrogen) atoms. The zero-order valence-electron chi connectivity index (χ0n) is 11.1. The maximum Gasteiger partial charge on any atom is 0.312 e. The minimum absolute atomic E-state index is 0.0428. The Kier molecular flexibility index (Phi) is 2.60. The Morgan fingerprint density at radius 2 is 1.69 bits per heavy atom. The summed E-state index contributed by atoms with van der Waals surface area (Å²) >= 11 is 0. The quantitative estimate of drug-likeness (QED) is 0.683. The van der Waals surface area contributed by atoms with E-state index in [0.717, 1.165) is 25.7 Å². The molecule has 0 bridgehead atoms. The van der Waals surface area contributed by atoms with Crippen LogP contribution in [-0.2, 0) is 9.53 Å². The van der Waals surface area contributed by atoms with Crippen LogP contribution in [0.3, 0.4) is 0 Å². The van der Waals surface area contributed by atoms with E-state index in [1.165, 1.54) is 12.8 Å². The molecule has 0 heterocycles. The zero-order chi connectivity index (χ0) is 12.0. The third kappa shape index (κ3) is 1.66. The van der Waals surface area contributed by atoms with Crippen molar-refractivity contribution >= 4 is 5.97 Å². The molecule has 1 unspecified atom stereocenters. The summed E-state index contributed by atoms with van der Waals surface area (Å²) < 4.78 is 5.87. The molecule has 0 saturated heterocycles. The van der Waals surface area contributed by atoms with E-state index in [9.17, 15) is 4.79 Å². The second-order valence-corrected chi connectivity index (χ2v) is 6.53. The molecule has 0 aromatic heterocycles. The summed E-state index contributed by atoms with van der Waals surface area (Å²) in [5.41, 5.74) is -0.214. The number of esters is 1. The molecule has 92 valence electrons. The Hall–Kier alpha value is -0.530. The van der Waals surface area contributed by atoms with Crippen LogP contribution < -0.4 is 0 Å². The fourth-order valence-corrected chi connectivity index (χ4v) is 3.04. The molecule has 2 heteroatoms. The molecular weight excluding hydrogens is 200 g/mol. The summed E-state index contributed by atoms with van der Waals surface area (Å²) in [5.74, 6) is 0.0428. The largest absolute Gasteiger partial charge is 0.459 e. The van der Waals surface area contributed by atoms with Gasteiger partial charge in [0.2, 0.25) is 0 Å². The van der Waals surface area contributed by atoms with Crippen molar-refractivity contribution in [1.29, 1.82) is 0 Å². The van der Waals surface area contributed by atoms with Crippen LogP contribution in [0.2, 0.25) is 0 Å². The molecule has 2 rings (SSSR count). The first-order chi connectivity index (χ1) is 7.35. The minimum atomic E-state index is -0.224. The van der Waals surface area contributed by atoms with Crippen LogP contribution in [0.1, 0.15) is 66.2 Å². The molecule has 0 radical (unpaired) electrons. The highest BCUT2D eigenvalue weighted by atomic mass is 16.6. The predicted octanol–water partition coefficient (Wildman–Crippen LogP) is 3.69. The van der Waals surface area contributed by atoms with Crippen molar-refractivity contribution in [3.05, 3.63) is 0 Å². The van der Waals surface area contributed by atoms with Gasteiger partial charge in [0.15, 0.2) is 0 Å². The fraction of sp³-hybridized carbons (Fsp3) is 0.929. The molecule has 1 atom stereocenters. The fourth-order valence-electron chi connectivity index (χ4n) is 3.04. The third-order valence-electron chi connectivity index (χ3n) is 5.08. The molecule has 2 saturated carbocycles. The van der Waals surface area contributed by atoms with E-state index >= 15 is 0 Å². The second kappa shape index (κ2) is 3.48. The van der Waals surface area contributed by atoms with Gasteiger partial charge in [0.25, 0.3) is 0 Å². The summed E-state index contributed by atoms with van der Waals surface area (Å²) in [6.45, 7) is 8.50. The number of rotatable bonds is 3. The topological polar surface area (TPSA) is 26.3 Å². The van der Waals surface area contributed by atoms with Gasteiger partial charge in [0.1, 0.15) is 5.60 Å². The standard InChI is InChI=1S/C14H24O2/c1-5-14(8-6-7-9-14)16-11(15)13(4)10-12(13,2)3/h5-10H2,1-4H3. The van der Waals surface area contributed by atoms with Gasteiger partial charge in [-0.3, -0.25) is 4.79 Å². The van der Waals surface area contributed by atoms with Gasteiger partial charge in [0, 0.05) is 0 Å². The highest BCUT2D eigenvalue weighted by molar-refractivity contribution is 5.81. The molecule has 0 spiro atoms. The molecular formula is C14H24O2. The van der Waals surface area contributed by atoms with E-state index in [1.807, 2.05) is 6.92 Å². The average molecular weight is 224 g/mol. The van der Waals surface area contributed by atoms with Crippen LogP contribution in [0.25, 0.3) is 0 Å². The molecule has 2 aliphatic carbocycles. The highest BCUT2D eigenvalue weighted by Crippen LogP contribution is 2.64. The van der Waals surface area contributed by atoms with Gasteiger partial charge in [0.05, 0.1) is 5.41 Å². The minimum Gasteiger partial charge on any atom is -0.459 e. The lowest BCUT2D eigenvalue weighted by atomic mass is 9.95. The van der Waals surface area contributed by atoms with Crippen LogP contribution >= 0.6 is 0 Å². The normalized spacial score (nSPS) is 34.8. The molecule has 0 N–H and O–H groups in total. The number of carbonyl (C=O) groups excluding carboxylic acids is 1. The SMILES string of the molecule is CCC1(OC(=O)C2(C)CC2(C)C)CCCC1. The van der Waals surface area contributed by atoms with E-state index in [2.05, 4.69) is 20.8 Å².